The average molecular weight is 265 g/mol. The van der Waals surface area contributed by atoms with Crippen molar-refractivity contribution in [2.45, 2.75) is 13.5 Å². The minimum absolute atomic E-state index is 0.555. The van der Waals surface area contributed by atoms with Gasteiger partial charge in [0.15, 0.2) is 0 Å². The van der Waals surface area contributed by atoms with Crippen LogP contribution in [0.1, 0.15) is 12.6 Å². The Kier molecular flexibility index (Phi) is 3.41. The van der Waals surface area contributed by atoms with Gasteiger partial charge in [0, 0.05) is 6.20 Å². The van der Waals surface area contributed by atoms with Crippen LogP contribution in [-0.4, -0.2) is 20.8 Å². The Morgan fingerprint density at radius 1 is 1.20 bits per heavy atom. The summed E-state index contributed by atoms with van der Waals surface area (Å²) in [7, 11) is 0. The smallest absolute Gasteiger partial charge is 0.206 e. The molecule has 0 saturated carbocycles. The summed E-state index contributed by atoms with van der Waals surface area (Å²) < 4.78 is 0. The van der Waals surface area contributed by atoms with Crippen molar-refractivity contribution in [2.24, 2.45) is 4.99 Å². The third kappa shape index (κ3) is 2.83. The highest BCUT2D eigenvalue weighted by Crippen LogP contribution is 2.13. The number of hydrogen-bond donors (Lipinski definition) is 2. The summed E-state index contributed by atoms with van der Waals surface area (Å²) in [5, 5.41) is 3.16. The Labute approximate surface area is 116 Å². The van der Waals surface area contributed by atoms with E-state index in [1.54, 1.807) is 6.20 Å². The molecule has 0 spiro atoms. The number of aliphatic imine (C=N–C) groups is 1. The SMILES string of the molecule is CC(=NCc1ccccn1)Nc1nc2ccccc2[nH]1. The molecule has 100 valence electrons. The number of nitrogens with one attached hydrogen (secondary N) is 2. The lowest BCUT2D eigenvalue weighted by atomic mass is 10.3. The Bertz CT molecular complexity index is 697. The highest BCUT2D eigenvalue weighted by Gasteiger charge is 2.02. The maximum absolute atomic E-state index is 4.44. The van der Waals surface area contributed by atoms with E-state index in [9.17, 15) is 0 Å². The van der Waals surface area contributed by atoms with Gasteiger partial charge in [-0.15, -0.1) is 0 Å². The maximum atomic E-state index is 4.44. The molecule has 20 heavy (non-hydrogen) atoms. The van der Waals surface area contributed by atoms with E-state index in [1.165, 1.54) is 0 Å². The topological polar surface area (TPSA) is 66.0 Å². The number of aromatic amines is 1. The lowest BCUT2D eigenvalue weighted by Crippen LogP contribution is -2.09. The Balaban J connectivity index is 1.70. The van der Waals surface area contributed by atoms with Gasteiger partial charge in [0.05, 0.1) is 23.3 Å². The van der Waals surface area contributed by atoms with Crippen LogP contribution in [0.15, 0.2) is 53.7 Å². The van der Waals surface area contributed by atoms with E-state index in [0.717, 1.165) is 22.6 Å². The standard InChI is InChI=1S/C15H15N5/c1-11(17-10-12-6-4-5-9-16-12)18-15-19-13-7-2-3-8-14(13)20-15/h2-9H,10H2,1H3,(H2,17,18,19,20). The summed E-state index contributed by atoms with van der Waals surface area (Å²) in [6.45, 7) is 2.47. The van der Waals surface area contributed by atoms with Crippen molar-refractivity contribution in [3.05, 3.63) is 54.4 Å². The van der Waals surface area contributed by atoms with Gasteiger partial charge in [0.25, 0.3) is 0 Å². The number of H-pyrrole nitrogens is 1. The molecule has 2 aromatic heterocycles. The lowest BCUT2D eigenvalue weighted by Gasteiger charge is -2.01. The molecule has 0 atom stereocenters. The van der Waals surface area contributed by atoms with Gasteiger partial charge in [-0.2, -0.15) is 0 Å². The third-order valence-corrected chi connectivity index (χ3v) is 2.89. The van der Waals surface area contributed by atoms with Gasteiger partial charge in [0.2, 0.25) is 5.95 Å². The molecule has 0 fully saturated rings. The fourth-order valence-electron chi connectivity index (χ4n) is 1.91. The quantitative estimate of drug-likeness (QED) is 0.565. The number of hydrogen-bond acceptors (Lipinski definition) is 3. The van der Waals surface area contributed by atoms with Crippen molar-refractivity contribution >= 4 is 22.8 Å². The van der Waals surface area contributed by atoms with Crippen LogP contribution in [0.5, 0.6) is 0 Å². The lowest BCUT2D eigenvalue weighted by molar-refractivity contribution is 0.986. The number of pyridine rings is 1. The van der Waals surface area contributed by atoms with Crippen LogP contribution < -0.4 is 5.32 Å². The minimum atomic E-state index is 0.555. The molecule has 1 aromatic carbocycles. The second-order valence-electron chi connectivity index (χ2n) is 4.45. The van der Waals surface area contributed by atoms with Gasteiger partial charge in [-0.3, -0.25) is 9.98 Å². The zero-order chi connectivity index (χ0) is 13.8. The number of aromatic nitrogens is 3. The van der Waals surface area contributed by atoms with Crippen LogP contribution in [0.25, 0.3) is 11.0 Å². The molecule has 0 amide bonds. The summed E-state index contributed by atoms with van der Waals surface area (Å²) in [5.74, 6) is 1.50. The molecule has 0 bridgehead atoms. The van der Waals surface area contributed by atoms with Gasteiger partial charge < -0.3 is 10.3 Å². The first kappa shape index (κ1) is 12.3. The predicted octanol–water partition coefficient (Wildman–Crippen LogP) is 2.99. The third-order valence-electron chi connectivity index (χ3n) is 2.89. The number of benzene rings is 1. The molecule has 0 unspecified atom stereocenters. The first-order valence-corrected chi connectivity index (χ1v) is 6.44. The van der Waals surface area contributed by atoms with Gasteiger partial charge in [-0.1, -0.05) is 18.2 Å². The Hall–Kier alpha value is -2.69. The van der Waals surface area contributed by atoms with Crippen LogP contribution in [-0.2, 0) is 6.54 Å². The molecule has 0 aliphatic rings. The molecular formula is C15H15N5. The summed E-state index contributed by atoms with van der Waals surface area (Å²) in [5.41, 5.74) is 2.89. The highest BCUT2D eigenvalue weighted by molar-refractivity contribution is 5.93. The molecule has 3 aromatic rings. The van der Waals surface area contributed by atoms with E-state index in [0.29, 0.717) is 12.5 Å². The average Bonchev–Trinajstić information content (AvgIpc) is 2.88. The van der Waals surface area contributed by atoms with Crippen LogP contribution in [0.4, 0.5) is 5.95 Å². The fraction of sp³-hybridized carbons (Fsp3) is 0.133. The zero-order valence-corrected chi connectivity index (χ0v) is 11.2. The molecule has 0 saturated heterocycles. The van der Waals surface area contributed by atoms with E-state index in [4.69, 9.17) is 0 Å². The minimum Gasteiger partial charge on any atom is -0.324 e. The van der Waals surface area contributed by atoms with E-state index < -0.39 is 0 Å². The number of anilines is 1. The summed E-state index contributed by atoms with van der Waals surface area (Å²) >= 11 is 0. The largest absolute Gasteiger partial charge is 0.324 e. The predicted molar refractivity (Wildman–Crippen MR) is 80.8 cm³/mol. The molecule has 2 N–H and O–H groups in total. The monoisotopic (exact) mass is 265 g/mol. The van der Waals surface area contributed by atoms with Crippen molar-refractivity contribution < 1.29 is 0 Å². The molecule has 0 aliphatic heterocycles. The van der Waals surface area contributed by atoms with Crippen LogP contribution in [0.3, 0.4) is 0 Å². The fourth-order valence-corrected chi connectivity index (χ4v) is 1.91. The number of nitrogens with zero attached hydrogens (tertiary/aromatic N) is 3. The van der Waals surface area contributed by atoms with Crippen LogP contribution in [0, 0.1) is 0 Å². The summed E-state index contributed by atoms with van der Waals surface area (Å²) in [4.78, 5) is 16.3. The van der Waals surface area contributed by atoms with Gasteiger partial charge in [-0.25, -0.2) is 4.98 Å². The van der Waals surface area contributed by atoms with Gasteiger partial charge in [0.1, 0.15) is 5.84 Å². The first-order chi connectivity index (χ1) is 9.81. The van der Waals surface area contributed by atoms with E-state index in [-0.39, 0.29) is 0 Å². The Morgan fingerprint density at radius 3 is 2.85 bits per heavy atom. The van der Waals surface area contributed by atoms with Gasteiger partial charge in [-0.05, 0) is 31.2 Å². The molecule has 5 nitrogen and oxygen atoms in total. The highest BCUT2D eigenvalue weighted by atomic mass is 15.1. The first-order valence-electron chi connectivity index (χ1n) is 6.44. The Morgan fingerprint density at radius 2 is 2.05 bits per heavy atom. The maximum Gasteiger partial charge on any atom is 0.206 e. The second-order valence-corrected chi connectivity index (χ2v) is 4.45. The number of fused-ring (bicyclic) bond motifs is 1. The molecule has 2 heterocycles. The number of para-hydroxylation sites is 2. The normalized spacial score (nSPS) is 11.8. The van der Waals surface area contributed by atoms with Gasteiger partial charge >= 0.3 is 0 Å². The van der Waals surface area contributed by atoms with Crippen molar-refractivity contribution in [3.63, 3.8) is 0 Å². The van der Waals surface area contributed by atoms with E-state index in [2.05, 4.69) is 25.3 Å². The number of rotatable bonds is 3. The van der Waals surface area contributed by atoms with Crippen molar-refractivity contribution in [2.75, 3.05) is 5.32 Å². The molecular weight excluding hydrogens is 250 g/mol. The van der Waals surface area contributed by atoms with Crippen molar-refractivity contribution in [1.29, 1.82) is 0 Å². The van der Waals surface area contributed by atoms with Crippen LogP contribution >= 0.6 is 0 Å². The van der Waals surface area contributed by atoms with Crippen LogP contribution in [0.2, 0.25) is 0 Å². The molecule has 0 aliphatic carbocycles. The van der Waals surface area contributed by atoms with E-state index >= 15 is 0 Å². The summed E-state index contributed by atoms with van der Waals surface area (Å²) in [6, 6.07) is 13.7. The second kappa shape index (κ2) is 5.52. The molecule has 5 heteroatoms. The molecule has 3 rings (SSSR count). The summed E-state index contributed by atoms with van der Waals surface area (Å²) in [6.07, 6.45) is 1.77. The number of amidine groups is 1. The van der Waals surface area contributed by atoms with E-state index in [1.807, 2.05) is 49.4 Å². The van der Waals surface area contributed by atoms with Crippen molar-refractivity contribution in [3.8, 4) is 0 Å². The van der Waals surface area contributed by atoms with Crippen molar-refractivity contribution in [1.82, 2.24) is 15.0 Å². The molecule has 0 radical (unpaired) electrons. The number of imidazole rings is 1. The zero-order valence-electron chi connectivity index (χ0n) is 11.2.